The zero-order valence-corrected chi connectivity index (χ0v) is 24.4. The Morgan fingerprint density at radius 3 is 2.44 bits per heavy atom. The van der Waals surface area contributed by atoms with Crippen LogP contribution in [0.2, 0.25) is 0 Å². The molecule has 0 saturated heterocycles. The second-order valence-electron chi connectivity index (χ2n) is 10.3. The number of ketones is 1. The molecule has 0 unspecified atom stereocenters. The number of thioether (sulfide) groups is 1. The molecule has 0 bridgehead atoms. The maximum atomic E-state index is 14.2. The van der Waals surface area contributed by atoms with E-state index in [1.165, 1.54) is 23.9 Å². The lowest BCUT2D eigenvalue weighted by Gasteiger charge is -2.16. The van der Waals surface area contributed by atoms with Crippen LogP contribution in [0.25, 0.3) is 22.3 Å². The van der Waals surface area contributed by atoms with Gasteiger partial charge in [-0.3, -0.25) is 4.79 Å². The van der Waals surface area contributed by atoms with Crippen LogP contribution >= 0.6 is 11.8 Å². The molecule has 9 heteroatoms. The van der Waals surface area contributed by atoms with Crippen molar-refractivity contribution < 1.29 is 35.9 Å². The maximum Gasteiger partial charge on any atom is 0.417 e. The number of hydrogen-bond donors (Lipinski definition) is 0. The molecule has 0 aliphatic heterocycles. The lowest BCUT2D eigenvalue weighted by atomic mass is 9.98. The molecular formula is C32H37F5O3S. The van der Waals surface area contributed by atoms with Crippen molar-refractivity contribution in [2.75, 3.05) is 19.0 Å². The fraction of sp³-hybridized carbons (Fsp3) is 0.469. The first-order valence-corrected chi connectivity index (χ1v) is 14.9. The van der Waals surface area contributed by atoms with Crippen molar-refractivity contribution in [3.8, 4) is 11.3 Å². The Kier molecular flexibility index (Phi) is 12.0. The van der Waals surface area contributed by atoms with Gasteiger partial charge in [0.25, 0.3) is 0 Å². The van der Waals surface area contributed by atoms with Gasteiger partial charge in [0, 0.05) is 35.3 Å². The van der Waals surface area contributed by atoms with Crippen molar-refractivity contribution in [1.82, 2.24) is 0 Å². The van der Waals surface area contributed by atoms with Crippen molar-refractivity contribution in [2.24, 2.45) is 0 Å². The van der Waals surface area contributed by atoms with Crippen molar-refractivity contribution in [1.29, 1.82) is 0 Å². The molecule has 2 aromatic carbocycles. The number of aryl methyl sites for hydroxylation is 1. The van der Waals surface area contributed by atoms with Gasteiger partial charge >= 0.3 is 6.18 Å². The fourth-order valence-electron chi connectivity index (χ4n) is 4.38. The maximum absolute atomic E-state index is 14.2. The number of furan rings is 1. The van der Waals surface area contributed by atoms with Gasteiger partial charge in [0.05, 0.1) is 5.56 Å². The highest BCUT2D eigenvalue weighted by Crippen LogP contribution is 2.40. The second-order valence-corrected chi connectivity index (χ2v) is 11.5. The highest BCUT2D eigenvalue weighted by atomic mass is 32.2. The van der Waals surface area contributed by atoms with E-state index < -0.39 is 17.7 Å². The predicted molar refractivity (Wildman–Crippen MR) is 155 cm³/mol. The molecular weight excluding hydrogens is 559 g/mol. The Hall–Kier alpha value is -2.65. The molecule has 0 fully saturated rings. The summed E-state index contributed by atoms with van der Waals surface area (Å²) in [6, 6.07) is 11.3. The summed E-state index contributed by atoms with van der Waals surface area (Å²) >= 11 is 1.39. The summed E-state index contributed by atoms with van der Waals surface area (Å²) < 4.78 is 81.2. The minimum absolute atomic E-state index is 0.00260. The van der Waals surface area contributed by atoms with E-state index in [1.54, 1.807) is 31.2 Å². The molecule has 0 aliphatic rings. The highest BCUT2D eigenvalue weighted by molar-refractivity contribution is 7.99. The molecule has 0 spiro atoms. The van der Waals surface area contributed by atoms with E-state index in [0.29, 0.717) is 34.3 Å². The molecule has 0 saturated carbocycles. The summed E-state index contributed by atoms with van der Waals surface area (Å²) in [5.74, 6) is -2.47. The second kappa shape index (κ2) is 15.0. The minimum Gasteiger partial charge on any atom is -0.456 e. The van der Waals surface area contributed by atoms with E-state index in [1.807, 2.05) is 13.0 Å². The van der Waals surface area contributed by atoms with Crippen LogP contribution in [-0.4, -0.2) is 30.7 Å². The molecule has 41 heavy (non-hydrogen) atoms. The van der Waals surface area contributed by atoms with Gasteiger partial charge in [-0.1, -0.05) is 38.5 Å². The molecule has 1 heterocycles. The first-order valence-electron chi connectivity index (χ1n) is 13.9. The molecule has 0 atom stereocenters. The number of alkyl halides is 5. The van der Waals surface area contributed by atoms with E-state index in [0.717, 1.165) is 24.2 Å². The SMILES string of the molecule is C=C(C)C(=O)COCCCC(F)(F)CCCSc1ccc2cc(-c3ccc(CCCCC)cc3C(F)(F)F)oc2c1. The summed E-state index contributed by atoms with van der Waals surface area (Å²) in [5, 5.41) is 0.670. The standard InChI is InChI=1S/C32H37F5O3S/c1-4-5-6-9-23-10-13-26(27(18-23)32(35,36)37)30-19-24-11-12-25(20-29(24)40-30)41-17-8-15-31(33,34)14-7-16-39-21-28(38)22(2)3/h10-13,18-20H,2,4-9,14-17,21H2,1,3H3. The van der Waals surface area contributed by atoms with Crippen molar-refractivity contribution in [3.05, 3.63) is 65.7 Å². The molecule has 224 valence electrons. The number of rotatable bonds is 17. The number of benzene rings is 2. The van der Waals surface area contributed by atoms with E-state index in [4.69, 9.17) is 9.15 Å². The van der Waals surface area contributed by atoms with Crippen LogP contribution in [0.5, 0.6) is 0 Å². The van der Waals surface area contributed by atoms with E-state index in [2.05, 4.69) is 6.58 Å². The minimum atomic E-state index is -4.52. The van der Waals surface area contributed by atoms with Gasteiger partial charge in [-0.15, -0.1) is 11.8 Å². The monoisotopic (exact) mass is 596 g/mol. The molecule has 3 aromatic rings. The summed E-state index contributed by atoms with van der Waals surface area (Å²) in [5.41, 5.74) is 0.752. The van der Waals surface area contributed by atoms with Crippen LogP contribution in [0.15, 0.2) is 63.9 Å². The van der Waals surface area contributed by atoms with Crippen LogP contribution in [0, 0.1) is 0 Å². The smallest absolute Gasteiger partial charge is 0.417 e. The first-order chi connectivity index (χ1) is 19.4. The number of Topliss-reactive ketones (excluding diaryl/α,β-unsaturated/α-hetero) is 1. The molecule has 0 N–H and O–H groups in total. The van der Waals surface area contributed by atoms with Crippen molar-refractivity contribution in [3.63, 3.8) is 0 Å². The number of hydrogen-bond acceptors (Lipinski definition) is 4. The van der Waals surface area contributed by atoms with Gasteiger partial charge in [-0.25, -0.2) is 8.78 Å². The topological polar surface area (TPSA) is 39.4 Å². The Balaban J connectivity index is 1.56. The molecule has 0 aliphatic carbocycles. The van der Waals surface area contributed by atoms with Gasteiger partial charge in [-0.05, 0) is 79.8 Å². The van der Waals surface area contributed by atoms with Crippen LogP contribution in [0.3, 0.4) is 0 Å². The Morgan fingerprint density at radius 1 is 0.976 bits per heavy atom. The van der Waals surface area contributed by atoms with E-state index in [9.17, 15) is 26.7 Å². The van der Waals surface area contributed by atoms with E-state index in [-0.39, 0.29) is 56.0 Å². The number of ether oxygens (including phenoxy) is 1. The number of unbranched alkanes of at least 4 members (excludes halogenated alkanes) is 2. The zero-order valence-electron chi connectivity index (χ0n) is 23.5. The first kappa shape index (κ1) is 32.9. The highest BCUT2D eigenvalue weighted by Gasteiger charge is 2.35. The van der Waals surface area contributed by atoms with E-state index >= 15 is 0 Å². The van der Waals surface area contributed by atoms with Crippen LogP contribution in [-0.2, 0) is 22.1 Å². The predicted octanol–water partition coefficient (Wildman–Crippen LogP) is 10.3. The number of halogens is 5. The summed E-state index contributed by atoms with van der Waals surface area (Å²) in [6.45, 7) is 7.08. The van der Waals surface area contributed by atoms with Gasteiger partial charge in [0.15, 0.2) is 5.78 Å². The van der Waals surface area contributed by atoms with Gasteiger partial charge in [0.2, 0.25) is 5.92 Å². The fourth-order valence-corrected chi connectivity index (χ4v) is 5.26. The lowest BCUT2D eigenvalue weighted by Crippen LogP contribution is -2.18. The third-order valence-corrected chi connectivity index (χ3v) is 7.79. The molecule has 0 amide bonds. The molecule has 3 nitrogen and oxygen atoms in total. The van der Waals surface area contributed by atoms with Crippen LogP contribution < -0.4 is 0 Å². The normalized spacial score (nSPS) is 12.3. The molecule has 0 radical (unpaired) electrons. The number of carbonyl (C=O) groups is 1. The van der Waals surface area contributed by atoms with Crippen LogP contribution in [0.1, 0.15) is 69.9 Å². The summed E-state index contributed by atoms with van der Waals surface area (Å²) in [6.07, 6.45) is -1.29. The lowest BCUT2D eigenvalue weighted by molar-refractivity contribution is -0.137. The number of fused-ring (bicyclic) bond motifs is 1. The Labute approximate surface area is 242 Å². The van der Waals surface area contributed by atoms with Gasteiger partial charge in [0.1, 0.15) is 18.0 Å². The Bertz CT molecular complexity index is 1310. The third-order valence-electron chi connectivity index (χ3n) is 6.71. The number of carbonyl (C=O) groups excluding carboxylic acids is 1. The molecule has 3 rings (SSSR count). The molecule has 1 aromatic heterocycles. The van der Waals surface area contributed by atoms with Crippen molar-refractivity contribution in [2.45, 2.75) is 82.2 Å². The third kappa shape index (κ3) is 10.3. The average molecular weight is 597 g/mol. The van der Waals surface area contributed by atoms with Gasteiger partial charge < -0.3 is 9.15 Å². The summed E-state index contributed by atoms with van der Waals surface area (Å²) in [7, 11) is 0. The summed E-state index contributed by atoms with van der Waals surface area (Å²) in [4.78, 5) is 12.2. The Morgan fingerprint density at radius 2 is 1.73 bits per heavy atom. The average Bonchev–Trinajstić information content (AvgIpc) is 3.33. The quantitative estimate of drug-likeness (QED) is 0.0673. The van der Waals surface area contributed by atoms with Crippen molar-refractivity contribution >= 4 is 28.5 Å². The van der Waals surface area contributed by atoms with Gasteiger partial charge in [-0.2, -0.15) is 13.2 Å². The zero-order chi connectivity index (χ0) is 30.0. The van der Waals surface area contributed by atoms with Crippen LogP contribution in [0.4, 0.5) is 22.0 Å². The largest absolute Gasteiger partial charge is 0.456 e.